The van der Waals surface area contributed by atoms with Gasteiger partial charge < -0.3 is 0 Å². The highest BCUT2D eigenvalue weighted by molar-refractivity contribution is 6.03. The molecule has 0 saturated carbocycles. The van der Waals surface area contributed by atoms with E-state index in [9.17, 15) is 0 Å². The molecule has 5 aromatic rings. The van der Waals surface area contributed by atoms with Crippen molar-refractivity contribution in [2.45, 2.75) is 6.54 Å². The summed E-state index contributed by atoms with van der Waals surface area (Å²) in [5.41, 5.74) is 8.44. The van der Waals surface area contributed by atoms with E-state index in [1.807, 2.05) is 12.3 Å². The molecule has 26 heavy (non-hydrogen) atoms. The van der Waals surface area contributed by atoms with Crippen LogP contribution in [0.5, 0.6) is 0 Å². The van der Waals surface area contributed by atoms with E-state index in [1.165, 1.54) is 28.1 Å². The highest BCUT2D eigenvalue weighted by atomic mass is 15.3. The third kappa shape index (κ3) is 1.59. The Hall–Kier alpha value is -3.40. The Kier molecular flexibility index (Phi) is 2.57. The fraction of sp³-hybridized carbons (Fsp3) is 0.0909. The maximum Gasteiger partial charge on any atom is 0.276 e. The summed E-state index contributed by atoms with van der Waals surface area (Å²) in [6.45, 7) is 0.895. The lowest BCUT2D eigenvalue weighted by atomic mass is 10.1. The molecule has 0 N–H and O–H groups in total. The molecular weight excluding hydrogens is 320 g/mol. The molecule has 0 atom stereocenters. The average Bonchev–Trinajstić information content (AvgIpc) is 3.31. The number of imidazole rings is 1. The Balaban J connectivity index is 1.83. The number of fused-ring (bicyclic) bond motifs is 7. The van der Waals surface area contributed by atoms with Crippen LogP contribution in [-0.4, -0.2) is 14.1 Å². The summed E-state index contributed by atoms with van der Waals surface area (Å²) in [6.07, 6.45) is 1.88. The third-order valence-electron chi connectivity index (χ3n) is 5.44. The first-order chi connectivity index (χ1) is 12.8. The zero-order chi connectivity index (χ0) is 17.3. The number of pyridine rings is 1. The second-order valence-electron chi connectivity index (χ2n) is 6.84. The van der Waals surface area contributed by atoms with Crippen LogP contribution in [0, 0.1) is 0 Å². The van der Waals surface area contributed by atoms with Gasteiger partial charge >= 0.3 is 0 Å². The summed E-state index contributed by atoms with van der Waals surface area (Å²) in [7, 11) is 2.15. The van der Waals surface area contributed by atoms with Crippen molar-refractivity contribution in [3.63, 3.8) is 0 Å². The van der Waals surface area contributed by atoms with Crippen molar-refractivity contribution >= 4 is 22.2 Å². The molecular formula is C22H17N4+. The van der Waals surface area contributed by atoms with Gasteiger partial charge in [-0.2, -0.15) is 0 Å². The number of nitrogens with zero attached hydrogens (tertiary/aromatic N) is 4. The van der Waals surface area contributed by atoms with Crippen molar-refractivity contribution in [1.82, 2.24) is 14.1 Å². The normalized spacial score (nSPS) is 12.7. The summed E-state index contributed by atoms with van der Waals surface area (Å²) in [5, 5.41) is 0. The van der Waals surface area contributed by atoms with E-state index in [0.717, 1.165) is 23.3 Å². The highest BCUT2D eigenvalue weighted by Gasteiger charge is 2.35. The number of benzene rings is 2. The number of aromatic nitrogens is 4. The molecule has 0 spiro atoms. The second kappa shape index (κ2) is 4.82. The van der Waals surface area contributed by atoms with E-state index in [4.69, 9.17) is 4.98 Å². The average molecular weight is 337 g/mol. The standard InChI is InChI=1S/C22H17N4/c1-24-20-19-18(12-7-13-23-19)26(16-9-3-2-4-10-16)22(20)25-14-15-8-5-6-11-17(15)21(24)25/h2-13H,14H2,1H3/q+1. The predicted octanol–water partition coefficient (Wildman–Crippen LogP) is 3.83. The lowest BCUT2D eigenvalue weighted by Gasteiger charge is -2.03. The van der Waals surface area contributed by atoms with Crippen LogP contribution in [0.15, 0.2) is 72.9 Å². The Labute approximate surface area is 150 Å². The van der Waals surface area contributed by atoms with Gasteiger partial charge in [0, 0.05) is 11.8 Å². The molecule has 0 radical (unpaired) electrons. The Bertz CT molecular complexity index is 1310. The maximum absolute atomic E-state index is 4.73. The Morgan fingerprint density at radius 3 is 2.62 bits per heavy atom. The van der Waals surface area contributed by atoms with E-state index in [2.05, 4.69) is 81.4 Å². The third-order valence-corrected chi connectivity index (χ3v) is 5.44. The van der Waals surface area contributed by atoms with Crippen LogP contribution >= 0.6 is 0 Å². The minimum absolute atomic E-state index is 0.895. The van der Waals surface area contributed by atoms with E-state index in [0.29, 0.717) is 0 Å². The second-order valence-corrected chi connectivity index (χ2v) is 6.84. The van der Waals surface area contributed by atoms with Crippen molar-refractivity contribution < 1.29 is 4.57 Å². The predicted molar refractivity (Wildman–Crippen MR) is 102 cm³/mol. The maximum atomic E-state index is 4.73. The van der Waals surface area contributed by atoms with Crippen molar-refractivity contribution in [2.75, 3.05) is 0 Å². The van der Waals surface area contributed by atoms with Gasteiger partial charge in [-0.05, 0) is 30.3 Å². The van der Waals surface area contributed by atoms with E-state index in [-0.39, 0.29) is 0 Å². The SMILES string of the molecule is Cn1c2[n+](c3c1c1ncccc1n3-c1ccccc1)Cc1ccccc1-2. The molecule has 1 aliphatic heterocycles. The molecule has 3 aromatic heterocycles. The van der Waals surface area contributed by atoms with Gasteiger partial charge in [-0.1, -0.05) is 36.4 Å². The van der Waals surface area contributed by atoms with E-state index < -0.39 is 0 Å². The summed E-state index contributed by atoms with van der Waals surface area (Å²) in [4.78, 5) is 4.73. The van der Waals surface area contributed by atoms with Gasteiger partial charge in [0.05, 0.1) is 19.2 Å². The smallest absolute Gasteiger partial charge is 0.254 e. The van der Waals surface area contributed by atoms with Crippen molar-refractivity contribution in [3.05, 3.63) is 78.5 Å². The van der Waals surface area contributed by atoms with Gasteiger partial charge in [-0.25, -0.2) is 14.1 Å². The first-order valence-corrected chi connectivity index (χ1v) is 8.86. The minimum atomic E-state index is 0.895. The minimum Gasteiger partial charge on any atom is -0.254 e. The fourth-order valence-corrected chi connectivity index (χ4v) is 4.39. The van der Waals surface area contributed by atoms with Crippen molar-refractivity contribution in [2.24, 2.45) is 7.05 Å². The van der Waals surface area contributed by atoms with Gasteiger partial charge in [0.15, 0.2) is 0 Å². The van der Waals surface area contributed by atoms with Crippen molar-refractivity contribution in [1.29, 1.82) is 0 Å². The monoisotopic (exact) mass is 337 g/mol. The molecule has 6 rings (SSSR count). The topological polar surface area (TPSA) is 26.6 Å². The molecule has 4 heterocycles. The van der Waals surface area contributed by atoms with Crippen molar-refractivity contribution in [3.8, 4) is 17.1 Å². The van der Waals surface area contributed by atoms with Crippen LogP contribution < -0.4 is 4.57 Å². The Morgan fingerprint density at radius 2 is 1.73 bits per heavy atom. The first kappa shape index (κ1) is 13.8. The molecule has 1 aliphatic rings. The number of aryl methyl sites for hydroxylation is 1. The van der Waals surface area contributed by atoms with Crippen LogP contribution in [0.4, 0.5) is 0 Å². The quantitative estimate of drug-likeness (QED) is 0.419. The molecule has 0 unspecified atom stereocenters. The summed E-state index contributed by atoms with van der Waals surface area (Å²) in [5.74, 6) is 1.25. The lowest BCUT2D eigenvalue weighted by molar-refractivity contribution is -0.648. The summed E-state index contributed by atoms with van der Waals surface area (Å²) < 4.78 is 7.07. The molecule has 2 aromatic carbocycles. The Morgan fingerprint density at radius 1 is 0.923 bits per heavy atom. The van der Waals surface area contributed by atoms with Crippen LogP contribution in [0.3, 0.4) is 0 Å². The highest BCUT2D eigenvalue weighted by Crippen LogP contribution is 2.36. The van der Waals surface area contributed by atoms with Gasteiger partial charge in [0.25, 0.3) is 5.65 Å². The molecule has 0 fully saturated rings. The van der Waals surface area contributed by atoms with Gasteiger partial charge in [0.2, 0.25) is 11.3 Å². The molecule has 0 saturated heterocycles. The molecule has 124 valence electrons. The summed E-state index contributed by atoms with van der Waals surface area (Å²) in [6, 6.07) is 23.4. The van der Waals surface area contributed by atoms with E-state index in [1.54, 1.807) is 0 Å². The number of para-hydroxylation sites is 1. The largest absolute Gasteiger partial charge is 0.276 e. The number of hydrogen-bond acceptors (Lipinski definition) is 1. The zero-order valence-electron chi connectivity index (χ0n) is 14.4. The molecule has 4 heteroatoms. The van der Waals surface area contributed by atoms with E-state index >= 15 is 0 Å². The molecule has 0 amide bonds. The van der Waals surface area contributed by atoms with Gasteiger partial charge in [-0.15, -0.1) is 0 Å². The van der Waals surface area contributed by atoms with Crippen LogP contribution in [0.1, 0.15) is 5.56 Å². The molecule has 4 nitrogen and oxygen atoms in total. The van der Waals surface area contributed by atoms with Crippen LogP contribution in [0.2, 0.25) is 0 Å². The molecule has 0 bridgehead atoms. The van der Waals surface area contributed by atoms with Crippen LogP contribution in [0.25, 0.3) is 39.3 Å². The fourth-order valence-electron chi connectivity index (χ4n) is 4.39. The first-order valence-electron chi connectivity index (χ1n) is 8.86. The van der Waals surface area contributed by atoms with Gasteiger partial charge in [0.1, 0.15) is 16.7 Å². The lowest BCUT2D eigenvalue weighted by Crippen LogP contribution is -2.33. The van der Waals surface area contributed by atoms with Gasteiger partial charge in [-0.3, -0.25) is 4.57 Å². The van der Waals surface area contributed by atoms with Crippen LogP contribution in [-0.2, 0) is 13.6 Å². The molecule has 0 aliphatic carbocycles. The zero-order valence-corrected chi connectivity index (χ0v) is 14.4. The summed E-state index contributed by atoms with van der Waals surface area (Å²) >= 11 is 0. The number of hydrogen-bond donors (Lipinski definition) is 0. The number of rotatable bonds is 1.